The van der Waals surface area contributed by atoms with E-state index in [1.54, 1.807) is 0 Å². The highest BCUT2D eigenvalue weighted by atomic mass is 32.1. The Kier molecular flexibility index (Phi) is 10.3. The van der Waals surface area contributed by atoms with Crippen molar-refractivity contribution in [1.29, 1.82) is 0 Å². The van der Waals surface area contributed by atoms with E-state index in [0.29, 0.717) is 10.5 Å². The van der Waals surface area contributed by atoms with Crippen LogP contribution < -0.4 is 0 Å². The summed E-state index contributed by atoms with van der Waals surface area (Å²) in [5.41, 5.74) is 0. The van der Waals surface area contributed by atoms with Crippen molar-refractivity contribution >= 4 is 23.1 Å². The fraction of sp³-hybridized carbons (Fsp3) is 1.00. The molecule has 0 saturated carbocycles. The number of ether oxygens (including phenoxy) is 2. The van der Waals surface area contributed by atoms with Gasteiger partial charge in [-0.25, -0.2) is 0 Å². The van der Waals surface area contributed by atoms with Crippen molar-refractivity contribution in [1.82, 2.24) is 0 Å². The van der Waals surface area contributed by atoms with E-state index in [4.69, 9.17) is 13.9 Å². The number of unbranched alkanes of at least 4 members (excludes halogenated alkanes) is 1. The van der Waals surface area contributed by atoms with E-state index in [1.807, 2.05) is 13.8 Å². The molecule has 0 saturated heterocycles. The maximum atomic E-state index is 5.50. The summed E-state index contributed by atoms with van der Waals surface area (Å²) in [6.07, 6.45) is 2.73. The second-order valence-electron chi connectivity index (χ2n) is 3.08. The highest BCUT2D eigenvalue weighted by molar-refractivity contribution is 7.80. The zero-order chi connectivity index (χ0) is 10.8. The van der Waals surface area contributed by atoms with Crippen LogP contribution in [-0.4, -0.2) is 35.4 Å². The highest BCUT2D eigenvalue weighted by Crippen LogP contribution is 2.05. The van der Waals surface area contributed by atoms with Gasteiger partial charge in [-0.3, -0.25) is 0 Å². The first-order valence-electron chi connectivity index (χ1n) is 5.15. The lowest BCUT2D eigenvalue weighted by atomic mass is 10.4. The number of thiol groups is 1. The van der Waals surface area contributed by atoms with Gasteiger partial charge in [-0.05, 0) is 31.9 Å². The molecule has 0 bridgehead atoms. The van der Waals surface area contributed by atoms with E-state index in [0.717, 1.165) is 31.6 Å². The molecule has 0 fully saturated rings. The minimum Gasteiger partial charge on any atom is -0.404 e. The maximum Gasteiger partial charge on any atom is 0.157 e. The van der Waals surface area contributed by atoms with Gasteiger partial charge in [0.2, 0.25) is 0 Å². The van der Waals surface area contributed by atoms with Crippen molar-refractivity contribution in [2.45, 2.75) is 45.7 Å². The van der Waals surface area contributed by atoms with Crippen LogP contribution in [0, 0.1) is 0 Å². The summed E-state index contributed by atoms with van der Waals surface area (Å²) in [4.78, 5) is 0. The Labute approximate surface area is 95.4 Å². The standard InChI is InChI=1S/C9H22O3SSi/c1-3-9(12-14)11-8(2)10-6-4-5-7-13/h8-9,13H,3-7H2,1-2,14H3. The van der Waals surface area contributed by atoms with E-state index in [2.05, 4.69) is 12.6 Å². The molecule has 0 aromatic rings. The minimum atomic E-state index is -0.172. The van der Waals surface area contributed by atoms with Crippen molar-refractivity contribution in [3.8, 4) is 0 Å². The number of hydrogen-bond acceptors (Lipinski definition) is 4. The first-order chi connectivity index (χ1) is 6.74. The van der Waals surface area contributed by atoms with Gasteiger partial charge in [0.25, 0.3) is 0 Å². The van der Waals surface area contributed by atoms with Gasteiger partial charge in [-0.2, -0.15) is 12.6 Å². The molecule has 2 atom stereocenters. The molecule has 0 aliphatic heterocycles. The van der Waals surface area contributed by atoms with Crippen LogP contribution in [0.4, 0.5) is 0 Å². The third-order valence-electron chi connectivity index (χ3n) is 1.84. The third kappa shape index (κ3) is 7.81. The van der Waals surface area contributed by atoms with Gasteiger partial charge in [0.05, 0.1) is 0 Å². The van der Waals surface area contributed by atoms with E-state index in [9.17, 15) is 0 Å². The van der Waals surface area contributed by atoms with Gasteiger partial charge in [-0.15, -0.1) is 0 Å². The molecule has 0 spiro atoms. The quantitative estimate of drug-likeness (QED) is 0.282. The van der Waals surface area contributed by atoms with Gasteiger partial charge < -0.3 is 13.9 Å². The molecular formula is C9H22O3SSi. The van der Waals surface area contributed by atoms with Crippen molar-refractivity contribution in [2.24, 2.45) is 0 Å². The molecule has 0 radical (unpaired) electrons. The zero-order valence-corrected chi connectivity index (χ0v) is 12.3. The Morgan fingerprint density at radius 2 is 2.07 bits per heavy atom. The lowest BCUT2D eigenvalue weighted by molar-refractivity contribution is -0.210. The van der Waals surface area contributed by atoms with Crippen molar-refractivity contribution < 1.29 is 13.9 Å². The molecule has 0 heterocycles. The fourth-order valence-electron chi connectivity index (χ4n) is 1.03. The van der Waals surface area contributed by atoms with Gasteiger partial charge in [0.1, 0.15) is 16.8 Å². The largest absolute Gasteiger partial charge is 0.404 e. The van der Waals surface area contributed by atoms with Crippen LogP contribution >= 0.6 is 12.6 Å². The van der Waals surface area contributed by atoms with Gasteiger partial charge in [-0.1, -0.05) is 6.92 Å². The minimum absolute atomic E-state index is 0.0958. The monoisotopic (exact) mass is 238 g/mol. The topological polar surface area (TPSA) is 27.7 Å². The Hall–Kier alpha value is 0.447. The molecule has 3 nitrogen and oxygen atoms in total. The normalized spacial score (nSPS) is 15.6. The fourth-order valence-corrected chi connectivity index (χ4v) is 1.70. The molecule has 14 heavy (non-hydrogen) atoms. The van der Waals surface area contributed by atoms with Crippen LogP contribution in [0.3, 0.4) is 0 Å². The third-order valence-corrected chi connectivity index (χ3v) is 2.69. The van der Waals surface area contributed by atoms with Gasteiger partial charge in [0.15, 0.2) is 6.29 Å². The summed E-state index contributed by atoms with van der Waals surface area (Å²) >= 11 is 4.13. The Balaban J connectivity index is 3.38. The van der Waals surface area contributed by atoms with E-state index >= 15 is 0 Å². The molecule has 5 heteroatoms. The second-order valence-corrected chi connectivity index (χ2v) is 4.00. The van der Waals surface area contributed by atoms with Gasteiger partial charge in [0, 0.05) is 6.61 Å². The predicted octanol–water partition coefficient (Wildman–Crippen LogP) is 1.11. The summed E-state index contributed by atoms with van der Waals surface area (Å²) in [6, 6.07) is 0. The Morgan fingerprint density at radius 3 is 2.57 bits per heavy atom. The van der Waals surface area contributed by atoms with Crippen LogP contribution in [-0.2, 0) is 13.9 Å². The molecule has 0 N–H and O–H groups in total. The zero-order valence-electron chi connectivity index (χ0n) is 9.36. The summed E-state index contributed by atoms with van der Waals surface area (Å²) in [5, 5.41) is 0. The predicted molar refractivity (Wildman–Crippen MR) is 64.7 cm³/mol. The molecule has 86 valence electrons. The lowest BCUT2D eigenvalue weighted by Crippen LogP contribution is -2.23. The molecular weight excluding hydrogens is 216 g/mol. The van der Waals surface area contributed by atoms with Crippen molar-refractivity contribution in [3.63, 3.8) is 0 Å². The Bertz CT molecular complexity index is 123. The van der Waals surface area contributed by atoms with Crippen LogP contribution in [0.2, 0.25) is 0 Å². The molecule has 0 aromatic carbocycles. The van der Waals surface area contributed by atoms with Crippen molar-refractivity contribution in [2.75, 3.05) is 12.4 Å². The van der Waals surface area contributed by atoms with E-state index in [1.165, 1.54) is 0 Å². The Morgan fingerprint density at radius 1 is 1.36 bits per heavy atom. The average Bonchev–Trinajstić information content (AvgIpc) is 2.21. The highest BCUT2D eigenvalue weighted by Gasteiger charge is 2.09. The molecule has 0 aromatic heterocycles. The second kappa shape index (κ2) is 9.98. The molecule has 2 unspecified atom stereocenters. The molecule has 0 aliphatic carbocycles. The summed E-state index contributed by atoms with van der Waals surface area (Å²) in [7, 11) is 0.703. The summed E-state index contributed by atoms with van der Waals surface area (Å²) in [6.45, 7) is 4.68. The van der Waals surface area contributed by atoms with Crippen LogP contribution in [0.5, 0.6) is 0 Å². The average molecular weight is 238 g/mol. The lowest BCUT2D eigenvalue weighted by Gasteiger charge is -2.20. The van der Waals surface area contributed by atoms with Crippen LogP contribution in [0.15, 0.2) is 0 Å². The summed E-state index contributed by atoms with van der Waals surface area (Å²) in [5.74, 6) is 0.917. The maximum absolute atomic E-state index is 5.50. The van der Waals surface area contributed by atoms with E-state index < -0.39 is 0 Å². The first-order valence-corrected chi connectivity index (χ1v) is 6.60. The molecule has 0 amide bonds. The molecule has 0 aliphatic rings. The number of rotatable bonds is 9. The SMILES string of the molecule is CCC(O[SiH3])OC(C)OCCCCS. The summed E-state index contributed by atoms with van der Waals surface area (Å²) < 4.78 is 16.2. The first kappa shape index (κ1) is 14.4. The molecule has 0 rings (SSSR count). The smallest absolute Gasteiger partial charge is 0.157 e. The van der Waals surface area contributed by atoms with Crippen molar-refractivity contribution in [3.05, 3.63) is 0 Å². The number of hydrogen-bond donors (Lipinski definition) is 1. The van der Waals surface area contributed by atoms with E-state index in [-0.39, 0.29) is 12.6 Å². The van der Waals surface area contributed by atoms with Crippen LogP contribution in [0.25, 0.3) is 0 Å². The van der Waals surface area contributed by atoms with Crippen LogP contribution in [0.1, 0.15) is 33.1 Å². The van der Waals surface area contributed by atoms with Gasteiger partial charge >= 0.3 is 0 Å².